The molecule has 1 nitrogen and oxygen atoms in total. The Morgan fingerprint density at radius 2 is 1.00 bits per heavy atom. The second kappa shape index (κ2) is 6.74. The lowest BCUT2D eigenvalue weighted by atomic mass is 9.85. The van der Waals surface area contributed by atoms with E-state index >= 15 is 0 Å². The minimum atomic E-state index is -6.44. The molecule has 1 atom stereocenters. The van der Waals surface area contributed by atoms with Gasteiger partial charge in [-0.3, -0.25) is 0 Å². The van der Waals surface area contributed by atoms with Crippen LogP contribution in [-0.4, -0.2) is 5.11 Å². The maximum Gasteiger partial charge on any atom is 0.417 e. The number of hydrogen-bond donors (Lipinski definition) is 1. The van der Waals surface area contributed by atoms with Crippen molar-refractivity contribution in [1.82, 2.24) is 0 Å². The zero-order chi connectivity index (χ0) is 21.7. The minimum Gasteiger partial charge on any atom is -0.388 e. The molecule has 0 amide bonds. The van der Waals surface area contributed by atoms with Crippen molar-refractivity contribution in [2.24, 2.45) is 5.92 Å². The Morgan fingerprint density at radius 1 is 0.630 bits per heavy atom. The van der Waals surface area contributed by atoms with Crippen LogP contribution in [0.25, 0.3) is 0 Å². The number of aliphatic hydroxyl groups excluding tert-OH is 1. The first kappa shape index (κ1) is 23.4. The molecule has 0 fully saturated rings. The lowest BCUT2D eigenvalue weighted by Crippen LogP contribution is -2.30. The van der Waals surface area contributed by atoms with Crippen LogP contribution >= 0.6 is 0 Å². The molecule has 1 unspecified atom stereocenters. The molecule has 0 aliphatic heterocycles. The van der Waals surface area contributed by atoms with Gasteiger partial charge in [-0.05, 0) is 17.5 Å². The number of halogens is 12. The first-order valence-electron chi connectivity index (χ1n) is 6.88. The molecule has 0 saturated heterocycles. The van der Waals surface area contributed by atoms with Gasteiger partial charge in [-0.15, -0.1) is 0 Å². The van der Waals surface area contributed by atoms with Crippen LogP contribution in [0.2, 0.25) is 0 Å². The lowest BCUT2D eigenvalue weighted by molar-refractivity contribution is -0.183. The molecule has 1 aromatic carbocycles. The molecule has 0 saturated carbocycles. The molecule has 0 bridgehead atoms. The molecule has 156 valence electrons. The Kier molecular flexibility index (Phi) is 5.84. The summed E-state index contributed by atoms with van der Waals surface area (Å²) >= 11 is 0. The zero-order valence-corrected chi connectivity index (χ0v) is 13.2. The molecule has 0 spiro atoms. The molecule has 0 radical (unpaired) electrons. The van der Waals surface area contributed by atoms with E-state index in [0.717, 1.165) is 13.8 Å². The van der Waals surface area contributed by atoms with E-state index in [-0.39, 0.29) is 0 Å². The van der Waals surface area contributed by atoms with Crippen LogP contribution in [0.5, 0.6) is 0 Å². The summed E-state index contributed by atoms with van der Waals surface area (Å²) in [6.45, 7) is 1.92. The highest BCUT2D eigenvalue weighted by atomic mass is 19.4. The molecule has 27 heavy (non-hydrogen) atoms. The Bertz CT molecular complexity index is 691. The molecule has 0 heterocycles. The maximum absolute atomic E-state index is 13.2. The number of aliphatic hydroxyl groups is 1. The minimum absolute atomic E-state index is 0.731. The van der Waals surface area contributed by atoms with Crippen molar-refractivity contribution < 1.29 is 57.8 Å². The number of rotatable bonds is 2. The van der Waals surface area contributed by atoms with Gasteiger partial charge in [-0.2, -0.15) is 52.7 Å². The summed E-state index contributed by atoms with van der Waals surface area (Å²) in [6, 6.07) is -0.731. The normalized spacial score (nSPS) is 15.4. The fourth-order valence-electron chi connectivity index (χ4n) is 2.40. The average molecular weight is 422 g/mol. The van der Waals surface area contributed by atoms with Crippen molar-refractivity contribution in [3.05, 3.63) is 33.9 Å². The van der Waals surface area contributed by atoms with Crippen LogP contribution in [0.3, 0.4) is 0 Å². The molecular formula is C14H10F12O. The van der Waals surface area contributed by atoms with E-state index in [1.165, 1.54) is 0 Å². The van der Waals surface area contributed by atoms with E-state index in [2.05, 4.69) is 0 Å². The number of benzene rings is 1. The van der Waals surface area contributed by atoms with Gasteiger partial charge in [0.15, 0.2) is 0 Å². The lowest BCUT2D eigenvalue weighted by Gasteiger charge is -2.29. The van der Waals surface area contributed by atoms with Gasteiger partial charge in [0, 0.05) is 0 Å². The summed E-state index contributed by atoms with van der Waals surface area (Å²) in [5, 5.41) is 9.70. The largest absolute Gasteiger partial charge is 0.417 e. The van der Waals surface area contributed by atoms with Crippen molar-refractivity contribution in [3.63, 3.8) is 0 Å². The molecule has 1 rings (SSSR count). The Hall–Kier alpha value is -1.66. The second-order valence-electron chi connectivity index (χ2n) is 5.82. The topological polar surface area (TPSA) is 20.2 Å². The van der Waals surface area contributed by atoms with Gasteiger partial charge in [0.05, 0.1) is 28.4 Å². The third kappa shape index (κ3) is 4.79. The highest BCUT2D eigenvalue weighted by Crippen LogP contribution is 2.53. The molecule has 0 aromatic heterocycles. The Morgan fingerprint density at radius 3 is 1.26 bits per heavy atom. The van der Waals surface area contributed by atoms with Crippen molar-refractivity contribution in [2.75, 3.05) is 0 Å². The van der Waals surface area contributed by atoms with Gasteiger partial charge in [0.2, 0.25) is 0 Å². The summed E-state index contributed by atoms with van der Waals surface area (Å²) in [5.74, 6) is -1.33. The van der Waals surface area contributed by atoms with Crippen LogP contribution in [0.15, 0.2) is 6.07 Å². The highest BCUT2D eigenvalue weighted by molar-refractivity contribution is 5.52. The SMILES string of the molecule is CC(C)C(O)c1cc(C(F)(F)F)c(C(F)(F)F)c(C(F)(F)F)c1C(F)(F)F. The molecule has 0 aliphatic carbocycles. The standard InChI is InChI=1S/C14H10F12O/c1-4(2)10(27)5-3-6(11(15,16)17)8(13(21,22)23)9(14(24,25)26)7(5)12(18,19)20/h3-4,10,27H,1-2H3. The Balaban J connectivity index is 4.35. The van der Waals surface area contributed by atoms with Gasteiger partial charge in [-0.1, -0.05) is 13.8 Å². The molecule has 1 aromatic rings. The third-order valence-corrected chi connectivity index (χ3v) is 3.46. The molecule has 1 N–H and O–H groups in total. The third-order valence-electron chi connectivity index (χ3n) is 3.46. The van der Waals surface area contributed by atoms with Crippen LogP contribution in [0.4, 0.5) is 52.7 Å². The predicted octanol–water partition coefficient (Wildman–Crippen LogP) is 6.45. The molecule has 0 aliphatic rings. The van der Waals surface area contributed by atoms with Gasteiger partial charge in [0.1, 0.15) is 0 Å². The monoisotopic (exact) mass is 422 g/mol. The van der Waals surface area contributed by atoms with E-state index < -0.39 is 70.6 Å². The fourth-order valence-corrected chi connectivity index (χ4v) is 2.40. The number of hydrogen-bond acceptors (Lipinski definition) is 1. The van der Waals surface area contributed by atoms with Crippen LogP contribution in [0.1, 0.15) is 47.8 Å². The molecular weight excluding hydrogens is 412 g/mol. The Labute approximate surface area is 143 Å². The predicted molar refractivity (Wildman–Crippen MR) is 66.2 cm³/mol. The van der Waals surface area contributed by atoms with E-state index in [4.69, 9.17) is 0 Å². The van der Waals surface area contributed by atoms with Gasteiger partial charge < -0.3 is 5.11 Å². The van der Waals surface area contributed by atoms with Crippen molar-refractivity contribution in [1.29, 1.82) is 0 Å². The van der Waals surface area contributed by atoms with E-state index in [0.29, 0.717) is 0 Å². The summed E-state index contributed by atoms with van der Waals surface area (Å²) in [6.07, 6.45) is -27.6. The zero-order valence-electron chi connectivity index (χ0n) is 13.2. The second-order valence-corrected chi connectivity index (χ2v) is 5.82. The van der Waals surface area contributed by atoms with Gasteiger partial charge in [0.25, 0.3) is 0 Å². The summed E-state index contributed by atoms with van der Waals surface area (Å²) in [7, 11) is 0. The maximum atomic E-state index is 13.2. The summed E-state index contributed by atoms with van der Waals surface area (Å²) in [4.78, 5) is 0. The van der Waals surface area contributed by atoms with E-state index in [9.17, 15) is 57.8 Å². The van der Waals surface area contributed by atoms with Crippen LogP contribution in [-0.2, 0) is 24.7 Å². The highest BCUT2D eigenvalue weighted by Gasteiger charge is 2.56. The smallest absolute Gasteiger partial charge is 0.388 e. The van der Waals surface area contributed by atoms with Crippen molar-refractivity contribution in [2.45, 2.75) is 44.7 Å². The number of alkyl halides is 12. The van der Waals surface area contributed by atoms with Crippen molar-refractivity contribution in [3.8, 4) is 0 Å². The quantitative estimate of drug-likeness (QED) is 0.543. The first-order chi connectivity index (χ1) is 11.7. The fraction of sp³-hybridized carbons (Fsp3) is 0.571. The first-order valence-corrected chi connectivity index (χ1v) is 6.88. The van der Waals surface area contributed by atoms with Crippen LogP contribution in [0, 0.1) is 5.92 Å². The average Bonchev–Trinajstić information content (AvgIpc) is 2.39. The van der Waals surface area contributed by atoms with Gasteiger partial charge >= 0.3 is 24.7 Å². The summed E-state index contributed by atoms with van der Waals surface area (Å²) < 4.78 is 157. The van der Waals surface area contributed by atoms with E-state index in [1.807, 2.05) is 0 Å². The van der Waals surface area contributed by atoms with Crippen LogP contribution < -0.4 is 0 Å². The van der Waals surface area contributed by atoms with E-state index in [1.54, 1.807) is 0 Å². The summed E-state index contributed by atoms with van der Waals surface area (Å²) in [5.41, 5.74) is -15.0. The van der Waals surface area contributed by atoms with Gasteiger partial charge in [-0.25, -0.2) is 0 Å². The van der Waals surface area contributed by atoms with Crippen molar-refractivity contribution >= 4 is 0 Å². The molecule has 13 heteroatoms.